The normalized spacial score (nSPS) is 11.3. The molecule has 4 rings (SSSR count). The van der Waals surface area contributed by atoms with Crippen LogP contribution in [0.1, 0.15) is 13.8 Å². The lowest BCUT2D eigenvalue weighted by Gasteiger charge is -2.26. The third-order valence-electron chi connectivity index (χ3n) is 6.38. The highest BCUT2D eigenvalue weighted by molar-refractivity contribution is 6.31. The van der Waals surface area contributed by atoms with Gasteiger partial charge in [-0.1, -0.05) is 25.4 Å². The highest BCUT2D eigenvalue weighted by Gasteiger charge is 2.16. The van der Waals surface area contributed by atoms with Crippen LogP contribution in [-0.4, -0.2) is 64.8 Å². The summed E-state index contributed by atoms with van der Waals surface area (Å²) in [5.41, 5.74) is 11.2. The van der Waals surface area contributed by atoms with E-state index in [1.54, 1.807) is 13.3 Å². The van der Waals surface area contributed by atoms with Gasteiger partial charge in [0.1, 0.15) is 11.4 Å². The molecule has 2 aromatic carbocycles. The summed E-state index contributed by atoms with van der Waals surface area (Å²) in [5, 5.41) is 3.90. The van der Waals surface area contributed by atoms with Crippen LogP contribution in [0, 0.1) is 0 Å². The molecule has 0 spiro atoms. The van der Waals surface area contributed by atoms with Gasteiger partial charge in [0.15, 0.2) is 5.82 Å². The highest BCUT2D eigenvalue weighted by Crippen LogP contribution is 2.36. The molecule has 2 heterocycles. The van der Waals surface area contributed by atoms with Crippen LogP contribution in [0.3, 0.4) is 0 Å². The van der Waals surface area contributed by atoms with Crippen LogP contribution in [0.2, 0.25) is 5.02 Å². The Bertz CT molecular complexity index is 1350. The number of benzene rings is 2. The first-order chi connectivity index (χ1) is 17.3. The van der Waals surface area contributed by atoms with E-state index in [9.17, 15) is 0 Å². The number of hydrogen-bond acceptors (Lipinski definition) is 8. The Morgan fingerprint density at radius 1 is 1.08 bits per heavy atom. The fourth-order valence-corrected chi connectivity index (χ4v) is 4.37. The summed E-state index contributed by atoms with van der Waals surface area (Å²) >= 11 is 6.15. The zero-order chi connectivity index (χ0) is 25.8. The van der Waals surface area contributed by atoms with Gasteiger partial charge in [-0.05, 0) is 43.4 Å². The maximum Gasteiger partial charge on any atom is 0.227 e. The predicted molar refractivity (Wildman–Crippen MR) is 148 cm³/mol. The highest BCUT2D eigenvalue weighted by atomic mass is 35.5. The molecular formula is C26H33ClN8O. The number of nitrogen functional groups attached to an aromatic ring is 1. The Hall–Kier alpha value is -3.56. The number of likely N-dealkylation sites (N-methyl/N-ethyl adjacent to an activating group) is 2. The summed E-state index contributed by atoms with van der Waals surface area (Å²) in [6.45, 7) is 8.20. The van der Waals surface area contributed by atoms with Gasteiger partial charge in [-0.25, -0.2) is 15.0 Å². The number of methoxy groups -OCH3 is 1. The van der Waals surface area contributed by atoms with Gasteiger partial charge >= 0.3 is 0 Å². The number of anilines is 4. The lowest BCUT2D eigenvalue weighted by Crippen LogP contribution is -2.33. The van der Waals surface area contributed by atoms with Crippen molar-refractivity contribution in [2.24, 2.45) is 7.05 Å². The van der Waals surface area contributed by atoms with Crippen molar-refractivity contribution in [3.8, 4) is 17.3 Å². The van der Waals surface area contributed by atoms with Crippen LogP contribution in [0.5, 0.6) is 5.75 Å². The number of nitrogens with zero attached hydrogens (tertiary/aromatic N) is 6. The molecule has 3 N–H and O–H groups in total. The number of imidazole rings is 1. The van der Waals surface area contributed by atoms with Crippen molar-refractivity contribution < 1.29 is 4.74 Å². The van der Waals surface area contributed by atoms with Crippen molar-refractivity contribution in [3.63, 3.8) is 0 Å². The minimum atomic E-state index is 0.415. The van der Waals surface area contributed by atoms with E-state index in [-0.39, 0.29) is 0 Å². The molecule has 0 bridgehead atoms. The Morgan fingerprint density at radius 2 is 1.86 bits per heavy atom. The smallest absolute Gasteiger partial charge is 0.227 e. The first-order valence-electron chi connectivity index (χ1n) is 12.0. The molecule has 4 aromatic rings. The van der Waals surface area contributed by atoms with E-state index in [0.29, 0.717) is 33.8 Å². The van der Waals surface area contributed by atoms with Gasteiger partial charge in [0.05, 0.1) is 35.2 Å². The number of ether oxygens (including phenoxy) is 1. The van der Waals surface area contributed by atoms with Crippen LogP contribution >= 0.6 is 11.6 Å². The van der Waals surface area contributed by atoms with Crippen molar-refractivity contribution in [1.29, 1.82) is 0 Å². The van der Waals surface area contributed by atoms with E-state index in [1.165, 1.54) is 0 Å². The van der Waals surface area contributed by atoms with Gasteiger partial charge in [-0.3, -0.25) is 0 Å². The minimum absolute atomic E-state index is 0.415. The molecule has 0 amide bonds. The molecule has 2 aromatic heterocycles. The fourth-order valence-electron chi connectivity index (χ4n) is 4.20. The number of nitrogens with one attached hydrogen (secondary N) is 1. The number of fused-ring (bicyclic) bond motifs is 1. The Morgan fingerprint density at radius 3 is 2.58 bits per heavy atom. The van der Waals surface area contributed by atoms with Gasteiger partial charge in [0.25, 0.3) is 0 Å². The molecule has 0 saturated heterocycles. The zero-order valence-corrected chi connectivity index (χ0v) is 22.2. The molecule has 9 nitrogen and oxygen atoms in total. The molecule has 36 heavy (non-hydrogen) atoms. The average Bonchev–Trinajstić information content (AvgIpc) is 3.20. The van der Waals surface area contributed by atoms with E-state index in [4.69, 9.17) is 32.0 Å². The number of nitrogens with two attached hydrogens (primary N) is 1. The molecule has 0 radical (unpaired) electrons. The van der Waals surface area contributed by atoms with Gasteiger partial charge in [0, 0.05) is 44.5 Å². The second-order valence-corrected chi connectivity index (χ2v) is 9.01. The van der Waals surface area contributed by atoms with E-state index < -0.39 is 0 Å². The molecule has 0 aliphatic heterocycles. The lowest BCUT2D eigenvalue weighted by molar-refractivity contribution is 0.311. The van der Waals surface area contributed by atoms with Crippen LogP contribution in [0.25, 0.3) is 22.6 Å². The van der Waals surface area contributed by atoms with Crippen molar-refractivity contribution in [2.75, 3.05) is 56.3 Å². The van der Waals surface area contributed by atoms with Crippen LogP contribution in [-0.2, 0) is 7.05 Å². The average molecular weight is 509 g/mol. The molecular weight excluding hydrogens is 476 g/mol. The van der Waals surface area contributed by atoms with Crippen molar-refractivity contribution in [2.45, 2.75) is 13.8 Å². The third-order valence-corrected chi connectivity index (χ3v) is 6.62. The Balaban J connectivity index is 1.59. The molecule has 0 aliphatic rings. The number of hydrogen-bond donors (Lipinski definition) is 2. The Labute approximate surface area is 216 Å². The fraction of sp³-hybridized carbons (Fsp3) is 0.346. The maximum atomic E-state index is 6.45. The molecule has 190 valence electrons. The largest absolute Gasteiger partial charge is 0.494 e. The van der Waals surface area contributed by atoms with Crippen LogP contribution in [0.4, 0.5) is 23.0 Å². The molecule has 0 atom stereocenters. The summed E-state index contributed by atoms with van der Waals surface area (Å²) in [7, 11) is 5.63. The van der Waals surface area contributed by atoms with Crippen molar-refractivity contribution in [3.05, 3.63) is 47.6 Å². The summed E-state index contributed by atoms with van der Waals surface area (Å²) < 4.78 is 7.66. The van der Waals surface area contributed by atoms with Crippen molar-refractivity contribution >= 4 is 45.6 Å². The maximum absolute atomic E-state index is 6.45. The molecule has 0 fully saturated rings. The standard InChI is InChI=1S/C26H33ClN8O/c1-6-35(7-2)13-12-33(3)23-16-24(36-5)21(15-18(23)28)32-26-29-11-10-19(31-26)25-30-20-14-17(27)8-9-22(20)34(25)4/h8-11,14-16H,6-7,12-13,28H2,1-5H3,(H,29,31,32). The van der Waals surface area contributed by atoms with Gasteiger partial charge in [-0.2, -0.15) is 0 Å². The van der Waals surface area contributed by atoms with Gasteiger partial charge in [-0.15, -0.1) is 0 Å². The lowest BCUT2D eigenvalue weighted by atomic mass is 10.2. The first-order valence-corrected chi connectivity index (χ1v) is 12.4. The topological polar surface area (TPSA) is 97.4 Å². The summed E-state index contributed by atoms with van der Waals surface area (Å²) in [6.07, 6.45) is 1.70. The van der Waals surface area contributed by atoms with E-state index in [0.717, 1.165) is 48.7 Å². The van der Waals surface area contributed by atoms with Crippen molar-refractivity contribution in [1.82, 2.24) is 24.4 Å². The molecule has 10 heteroatoms. The molecule has 0 aliphatic carbocycles. The van der Waals surface area contributed by atoms with Crippen LogP contribution in [0.15, 0.2) is 42.6 Å². The third kappa shape index (κ3) is 5.32. The van der Waals surface area contributed by atoms with E-state index in [1.807, 2.05) is 55.1 Å². The van der Waals surface area contributed by atoms with Crippen LogP contribution < -0.4 is 20.7 Å². The van der Waals surface area contributed by atoms with E-state index in [2.05, 4.69) is 33.9 Å². The summed E-state index contributed by atoms with van der Waals surface area (Å²) in [6, 6.07) is 11.3. The number of aryl methyl sites for hydroxylation is 1. The molecule has 0 saturated carbocycles. The summed E-state index contributed by atoms with van der Waals surface area (Å²) in [4.78, 5) is 18.3. The Kier molecular flexibility index (Phi) is 7.81. The SMILES string of the molecule is CCN(CC)CCN(C)c1cc(OC)c(Nc2nccc(-c3nc4cc(Cl)ccc4n3C)n2)cc1N. The monoisotopic (exact) mass is 508 g/mol. The number of aromatic nitrogens is 4. The minimum Gasteiger partial charge on any atom is -0.494 e. The summed E-state index contributed by atoms with van der Waals surface area (Å²) in [5.74, 6) is 1.78. The predicted octanol–water partition coefficient (Wildman–Crippen LogP) is 4.80. The quantitative estimate of drug-likeness (QED) is 0.295. The second kappa shape index (κ2) is 11.0. The first kappa shape index (κ1) is 25.5. The van der Waals surface area contributed by atoms with E-state index >= 15 is 0 Å². The number of halogens is 1. The zero-order valence-electron chi connectivity index (χ0n) is 21.4. The molecule has 0 unspecified atom stereocenters. The van der Waals surface area contributed by atoms with Gasteiger partial charge in [0.2, 0.25) is 5.95 Å². The second-order valence-electron chi connectivity index (χ2n) is 8.58. The number of rotatable bonds is 10. The van der Waals surface area contributed by atoms with Gasteiger partial charge < -0.3 is 30.2 Å².